The Labute approximate surface area is 118 Å². The smallest absolute Gasteiger partial charge is 0.198 e. The zero-order valence-corrected chi connectivity index (χ0v) is 12.2. The quantitative estimate of drug-likeness (QED) is 0.917. The van der Waals surface area contributed by atoms with Crippen molar-refractivity contribution < 1.29 is 12.8 Å². The van der Waals surface area contributed by atoms with Crippen molar-refractivity contribution in [2.75, 3.05) is 6.26 Å². The fourth-order valence-electron chi connectivity index (χ4n) is 2.70. The van der Waals surface area contributed by atoms with E-state index in [0.29, 0.717) is 22.9 Å². The van der Waals surface area contributed by atoms with Crippen LogP contribution in [0, 0.1) is 0 Å². The molecule has 0 unspecified atom stereocenters. The molecule has 1 fully saturated rings. The Kier molecular flexibility index (Phi) is 3.30. The van der Waals surface area contributed by atoms with Crippen LogP contribution in [0.2, 0.25) is 0 Å². The molecular weight excluding hydrogens is 276 g/mol. The van der Waals surface area contributed by atoms with Crippen LogP contribution in [0.15, 0.2) is 27.5 Å². The summed E-state index contributed by atoms with van der Waals surface area (Å²) in [6, 6.07) is 5.10. The molecular formula is C14H18N2O3S. The molecule has 0 aliphatic heterocycles. The van der Waals surface area contributed by atoms with Crippen LogP contribution in [0.25, 0.3) is 11.1 Å². The third-order valence-electron chi connectivity index (χ3n) is 3.92. The number of aromatic nitrogens is 1. The van der Waals surface area contributed by atoms with E-state index in [1.54, 1.807) is 18.2 Å². The van der Waals surface area contributed by atoms with E-state index in [2.05, 4.69) is 4.98 Å². The highest BCUT2D eigenvalue weighted by Crippen LogP contribution is 2.33. The van der Waals surface area contributed by atoms with Crippen LogP contribution in [0.4, 0.5) is 0 Å². The first kappa shape index (κ1) is 13.6. The van der Waals surface area contributed by atoms with Gasteiger partial charge < -0.3 is 10.2 Å². The molecule has 0 bridgehead atoms. The summed E-state index contributed by atoms with van der Waals surface area (Å²) < 4.78 is 28.9. The number of oxazole rings is 1. The summed E-state index contributed by atoms with van der Waals surface area (Å²) >= 11 is 0. The van der Waals surface area contributed by atoms with Gasteiger partial charge in [0.2, 0.25) is 0 Å². The van der Waals surface area contributed by atoms with E-state index in [4.69, 9.17) is 10.2 Å². The topological polar surface area (TPSA) is 86.2 Å². The molecule has 1 aromatic carbocycles. The van der Waals surface area contributed by atoms with Crippen LogP contribution < -0.4 is 5.73 Å². The highest BCUT2D eigenvalue weighted by atomic mass is 32.2. The van der Waals surface area contributed by atoms with Crippen molar-refractivity contribution in [1.82, 2.24) is 4.98 Å². The van der Waals surface area contributed by atoms with Crippen LogP contribution in [0.1, 0.15) is 37.5 Å². The average Bonchev–Trinajstić information content (AvgIpc) is 2.81. The van der Waals surface area contributed by atoms with Gasteiger partial charge in [-0.25, -0.2) is 13.4 Å². The maximum Gasteiger partial charge on any atom is 0.198 e. The molecule has 0 radical (unpaired) electrons. The van der Waals surface area contributed by atoms with Gasteiger partial charge in [-0.3, -0.25) is 0 Å². The van der Waals surface area contributed by atoms with Crippen LogP contribution in [-0.2, 0) is 9.84 Å². The van der Waals surface area contributed by atoms with E-state index >= 15 is 0 Å². The van der Waals surface area contributed by atoms with Crippen molar-refractivity contribution in [3.63, 3.8) is 0 Å². The van der Waals surface area contributed by atoms with E-state index in [-0.39, 0.29) is 10.9 Å². The first-order valence-corrected chi connectivity index (χ1v) is 8.69. The molecule has 1 saturated carbocycles. The minimum Gasteiger partial charge on any atom is -0.440 e. The lowest BCUT2D eigenvalue weighted by Gasteiger charge is -2.23. The zero-order chi connectivity index (χ0) is 14.3. The Hall–Kier alpha value is -1.40. The normalized spacial score (nSPS) is 24.1. The Morgan fingerprint density at radius 1 is 1.25 bits per heavy atom. The van der Waals surface area contributed by atoms with E-state index in [1.807, 2.05) is 0 Å². The summed E-state index contributed by atoms with van der Waals surface area (Å²) in [5.41, 5.74) is 7.15. The number of rotatable bonds is 2. The largest absolute Gasteiger partial charge is 0.440 e. The number of nitrogens with two attached hydrogens (primary N) is 1. The maximum absolute atomic E-state index is 11.5. The predicted octanol–water partition coefficient (Wildman–Crippen LogP) is 2.22. The lowest BCUT2D eigenvalue weighted by molar-refractivity contribution is 0.346. The van der Waals surface area contributed by atoms with Gasteiger partial charge in [-0.2, -0.15) is 0 Å². The van der Waals surface area contributed by atoms with E-state index in [1.165, 1.54) is 6.26 Å². The highest BCUT2D eigenvalue weighted by Gasteiger charge is 2.24. The third kappa shape index (κ3) is 2.58. The van der Waals surface area contributed by atoms with E-state index < -0.39 is 9.84 Å². The van der Waals surface area contributed by atoms with Gasteiger partial charge in [0.25, 0.3) is 0 Å². The molecule has 108 valence electrons. The SMILES string of the molecule is CS(=O)(=O)c1ccc2oc(C3CCC(N)CC3)nc2c1. The molecule has 2 aromatic rings. The second-order valence-electron chi connectivity index (χ2n) is 5.57. The number of sulfone groups is 1. The van der Waals surface area contributed by atoms with Crippen molar-refractivity contribution in [2.24, 2.45) is 5.73 Å². The van der Waals surface area contributed by atoms with E-state index in [0.717, 1.165) is 25.7 Å². The molecule has 0 saturated heterocycles. The molecule has 2 N–H and O–H groups in total. The minimum absolute atomic E-state index is 0.274. The Morgan fingerprint density at radius 3 is 2.60 bits per heavy atom. The lowest BCUT2D eigenvalue weighted by atomic mass is 9.86. The molecule has 20 heavy (non-hydrogen) atoms. The summed E-state index contributed by atoms with van der Waals surface area (Å²) in [6.45, 7) is 0. The van der Waals surface area contributed by atoms with Crippen molar-refractivity contribution in [2.45, 2.75) is 42.5 Å². The lowest BCUT2D eigenvalue weighted by Crippen LogP contribution is -2.25. The molecule has 0 spiro atoms. The van der Waals surface area contributed by atoms with Crippen molar-refractivity contribution in [3.05, 3.63) is 24.1 Å². The molecule has 0 amide bonds. The predicted molar refractivity (Wildman–Crippen MR) is 76.3 cm³/mol. The standard InChI is InChI=1S/C14H18N2O3S/c1-20(17,18)11-6-7-13-12(8-11)16-14(19-13)9-2-4-10(15)5-3-9/h6-10H,2-5,15H2,1H3. The summed E-state index contributed by atoms with van der Waals surface area (Å²) in [5, 5.41) is 0. The maximum atomic E-state index is 11.5. The zero-order valence-electron chi connectivity index (χ0n) is 11.4. The molecule has 1 aromatic heterocycles. The highest BCUT2D eigenvalue weighted by molar-refractivity contribution is 7.90. The Bertz CT molecular complexity index is 728. The fraction of sp³-hybridized carbons (Fsp3) is 0.500. The number of hydrogen-bond acceptors (Lipinski definition) is 5. The number of hydrogen-bond donors (Lipinski definition) is 1. The van der Waals surface area contributed by atoms with Gasteiger partial charge in [-0.05, 0) is 43.9 Å². The number of nitrogens with zero attached hydrogens (tertiary/aromatic N) is 1. The third-order valence-corrected chi connectivity index (χ3v) is 5.04. The number of fused-ring (bicyclic) bond motifs is 1. The molecule has 1 aliphatic carbocycles. The average molecular weight is 294 g/mol. The van der Waals surface area contributed by atoms with Gasteiger partial charge >= 0.3 is 0 Å². The second kappa shape index (κ2) is 4.86. The molecule has 0 atom stereocenters. The van der Waals surface area contributed by atoms with Crippen molar-refractivity contribution >= 4 is 20.9 Å². The van der Waals surface area contributed by atoms with Gasteiger partial charge in [0.05, 0.1) is 4.90 Å². The van der Waals surface area contributed by atoms with Crippen molar-refractivity contribution in [1.29, 1.82) is 0 Å². The first-order valence-electron chi connectivity index (χ1n) is 6.79. The van der Waals surface area contributed by atoms with Crippen LogP contribution in [-0.4, -0.2) is 25.7 Å². The summed E-state index contributed by atoms with van der Waals surface area (Å²) in [6.07, 6.45) is 5.12. The molecule has 6 heteroatoms. The van der Waals surface area contributed by atoms with Gasteiger partial charge in [0.1, 0.15) is 5.52 Å². The molecule has 1 aliphatic rings. The molecule has 1 heterocycles. The Balaban J connectivity index is 1.95. The minimum atomic E-state index is -3.22. The van der Waals surface area contributed by atoms with Gasteiger partial charge in [0, 0.05) is 18.2 Å². The summed E-state index contributed by atoms with van der Waals surface area (Å²) in [5.74, 6) is 1.00. The van der Waals surface area contributed by atoms with Gasteiger partial charge in [-0.15, -0.1) is 0 Å². The van der Waals surface area contributed by atoms with E-state index in [9.17, 15) is 8.42 Å². The van der Waals surface area contributed by atoms with Crippen LogP contribution in [0.3, 0.4) is 0 Å². The first-order chi connectivity index (χ1) is 9.43. The van der Waals surface area contributed by atoms with Crippen molar-refractivity contribution in [3.8, 4) is 0 Å². The molecule has 5 nitrogen and oxygen atoms in total. The number of benzene rings is 1. The molecule has 3 rings (SSSR count). The Morgan fingerprint density at radius 2 is 1.95 bits per heavy atom. The van der Waals surface area contributed by atoms with Gasteiger partial charge in [0.15, 0.2) is 21.3 Å². The monoisotopic (exact) mass is 294 g/mol. The summed E-state index contributed by atoms with van der Waals surface area (Å²) in [4.78, 5) is 4.74. The van der Waals surface area contributed by atoms with Gasteiger partial charge in [-0.1, -0.05) is 0 Å². The summed E-state index contributed by atoms with van der Waals surface area (Å²) in [7, 11) is -3.22. The van der Waals surface area contributed by atoms with Crippen LogP contribution in [0.5, 0.6) is 0 Å². The second-order valence-corrected chi connectivity index (χ2v) is 7.58. The fourth-order valence-corrected chi connectivity index (χ4v) is 3.34. The van der Waals surface area contributed by atoms with Crippen LogP contribution >= 0.6 is 0 Å².